The third-order valence-electron chi connectivity index (χ3n) is 8.84. The van der Waals surface area contributed by atoms with Gasteiger partial charge < -0.3 is 14.7 Å². The first-order chi connectivity index (χ1) is 19.7. The molecule has 3 aromatic rings. The lowest BCUT2D eigenvalue weighted by Gasteiger charge is -2.36. The van der Waals surface area contributed by atoms with E-state index in [1.807, 2.05) is 15.9 Å². The third kappa shape index (κ3) is 5.27. The summed E-state index contributed by atoms with van der Waals surface area (Å²) in [5.41, 5.74) is 7.51. The first-order valence-electron chi connectivity index (χ1n) is 14.2. The summed E-state index contributed by atoms with van der Waals surface area (Å²) in [6, 6.07) is 8.04. The summed E-state index contributed by atoms with van der Waals surface area (Å²) in [6.07, 6.45) is 4.23. The number of halogens is 3. The highest BCUT2D eigenvalue weighted by molar-refractivity contribution is 9.09. The number of hydrogen-bond donors (Lipinski definition) is 0. The Bertz CT molecular complexity index is 1500. The van der Waals surface area contributed by atoms with Crippen molar-refractivity contribution in [2.75, 3.05) is 29.9 Å². The van der Waals surface area contributed by atoms with E-state index in [1.165, 1.54) is 5.56 Å². The smallest absolute Gasteiger partial charge is 0.264 e. The number of amides is 2. The number of likely N-dealkylation sites (tertiary alicyclic amines) is 1. The van der Waals surface area contributed by atoms with Gasteiger partial charge in [0.15, 0.2) is 0 Å². The summed E-state index contributed by atoms with van der Waals surface area (Å²) in [6.45, 7) is 4.80. The first-order valence-corrected chi connectivity index (χ1v) is 15.3. The topological polar surface area (TPSA) is 61.7 Å². The van der Waals surface area contributed by atoms with Crippen LogP contribution in [0.25, 0.3) is 11.1 Å². The fourth-order valence-electron chi connectivity index (χ4n) is 6.65. The lowest BCUT2D eigenvalue weighted by Crippen LogP contribution is -2.38. The SMILES string of the molecule is CC(=O)N1Cc2cc(C3CCN(C(=O)CBr)CC3)cc(N3CCCc4cc(-c5cnn(C)c5)c(C(F)F)cc43)c2C1. The molecule has 0 aliphatic carbocycles. The van der Waals surface area contributed by atoms with Gasteiger partial charge in [0.25, 0.3) is 6.43 Å². The van der Waals surface area contributed by atoms with E-state index < -0.39 is 6.43 Å². The van der Waals surface area contributed by atoms with E-state index in [0.29, 0.717) is 48.6 Å². The van der Waals surface area contributed by atoms with Crippen LogP contribution in [0.5, 0.6) is 0 Å². The predicted molar refractivity (Wildman–Crippen MR) is 158 cm³/mol. The van der Waals surface area contributed by atoms with Crippen molar-refractivity contribution >= 4 is 39.1 Å². The third-order valence-corrected chi connectivity index (χ3v) is 9.32. The molecule has 1 aromatic heterocycles. The number of hydrogen-bond acceptors (Lipinski definition) is 4. The van der Waals surface area contributed by atoms with Crippen LogP contribution >= 0.6 is 15.9 Å². The second-order valence-electron chi connectivity index (χ2n) is 11.4. The van der Waals surface area contributed by atoms with Crippen LogP contribution in [0.4, 0.5) is 20.2 Å². The molecule has 6 rings (SSSR count). The Balaban J connectivity index is 1.42. The molecule has 7 nitrogen and oxygen atoms in total. The molecule has 1 saturated heterocycles. The Labute approximate surface area is 247 Å². The normalized spacial score (nSPS) is 17.3. The zero-order valence-corrected chi connectivity index (χ0v) is 25.0. The molecule has 0 bridgehead atoms. The molecule has 3 aliphatic heterocycles. The van der Waals surface area contributed by atoms with Gasteiger partial charge in [-0.2, -0.15) is 5.10 Å². The molecule has 10 heteroatoms. The van der Waals surface area contributed by atoms with Gasteiger partial charge in [0.05, 0.1) is 11.5 Å². The lowest BCUT2D eigenvalue weighted by molar-refractivity contribution is -0.130. The molecule has 0 N–H and O–H groups in total. The van der Waals surface area contributed by atoms with Crippen molar-refractivity contribution in [2.24, 2.45) is 7.05 Å². The van der Waals surface area contributed by atoms with E-state index in [9.17, 15) is 18.4 Å². The van der Waals surface area contributed by atoms with Crippen LogP contribution in [-0.4, -0.2) is 56.4 Å². The average molecular weight is 627 g/mol. The molecule has 0 unspecified atom stereocenters. The lowest BCUT2D eigenvalue weighted by atomic mass is 9.86. The number of carbonyl (C=O) groups is 2. The molecule has 2 amide bonds. The Kier molecular flexibility index (Phi) is 7.61. The van der Waals surface area contributed by atoms with Gasteiger partial charge in [0.2, 0.25) is 11.8 Å². The molecule has 216 valence electrons. The molecule has 3 aliphatic rings. The van der Waals surface area contributed by atoms with Crippen molar-refractivity contribution in [3.8, 4) is 11.1 Å². The van der Waals surface area contributed by atoms with Crippen LogP contribution in [0, 0.1) is 0 Å². The van der Waals surface area contributed by atoms with Gasteiger partial charge in [-0.25, -0.2) is 8.78 Å². The highest BCUT2D eigenvalue weighted by atomic mass is 79.9. The number of aromatic nitrogens is 2. The molecule has 2 aromatic carbocycles. The van der Waals surface area contributed by atoms with E-state index in [2.05, 4.69) is 38.1 Å². The highest BCUT2D eigenvalue weighted by Crippen LogP contribution is 2.45. The second kappa shape index (κ2) is 11.2. The van der Waals surface area contributed by atoms with Gasteiger partial charge >= 0.3 is 0 Å². The maximum atomic E-state index is 14.5. The van der Waals surface area contributed by atoms with Crippen LogP contribution in [-0.2, 0) is 36.1 Å². The average Bonchev–Trinajstić information content (AvgIpc) is 3.62. The monoisotopic (exact) mass is 625 g/mol. The number of piperidine rings is 1. The summed E-state index contributed by atoms with van der Waals surface area (Å²) >= 11 is 3.28. The summed E-state index contributed by atoms with van der Waals surface area (Å²) in [5.74, 6) is 0.426. The number of carbonyl (C=O) groups excluding carboxylic acids is 2. The number of alkyl halides is 3. The van der Waals surface area contributed by atoms with E-state index in [4.69, 9.17) is 0 Å². The first kappa shape index (κ1) is 27.9. The molecule has 0 saturated carbocycles. The summed E-state index contributed by atoms with van der Waals surface area (Å²) < 4.78 is 30.6. The zero-order valence-electron chi connectivity index (χ0n) is 23.4. The number of nitrogens with zero attached hydrogens (tertiary/aromatic N) is 5. The quantitative estimate of drug-likeness (QED) is 0.323. The van der Waals surface area contributed by atoms with Gasteiger partial charge in [0.1, 0.15) is 0 Å². The summed E-state index contributed by atoms with van der Waals surface area (Å²) in [5, 5.41) is 4.54. The summed E-state index contributed by atoms with van der Waals surface area (Å²) in [4.78, 5) is 30.6. The van der Waals surface area contributed by atoms with Gasteiger partial charge in [-0.15, -0.1) is 0 Å². The minimum Gasteiger partial charge on any atom is -0.342 e. The van der Waals surface area contributed by atoms with Crippen LogP contribution in [0.15, 0.2) is 36.7 Å². The molecular weight excluding hydrogens is 592 g/mol. The maximum absolute atomic E-state index is 14.5. The van der Waals surface area contributed by atoms with E-state index in [-0.39, 0.29) is 17.4 Å². The van der Waals surface area contributed by atoms with E-state index in [1.54, 1.807) is 37.1 Å². The van der Waals surface area contributed by atoms with Crippen molar-refractivity contribution in [2.45, 2.75) is 58.0 Å². The number of anilines is 2. The number of fused-ring (bicyclic) bond motifs is 2. The Morgan fingerprint density at radius 2 is 1.80 bits per heavy atom. The fraction of sp³-hybridized carbons (Fsp3) is 0.452. The molecular formula is C31H34BrF2N5O2. The van der Waals surface area contributed by atoms with Crippen LogP contribution in [0.3, 0.4) is 0 Å². The molecule has 0 atom stereocenters. The van der Waals surface area contributed by atoms with Gasteiger partial charge in [-0.05, 0) is 72.1 Å². The Hall–Kier alpha value is -3.27. The Morgan fingerprint density at radius 3 is 2.46 bits per heavy atom. The number of aryl methyl sites for hydroxylation is 2. The van der Waals surface area contributed by atoms with E-state index in [0.717, 1.165) is 60.3 Å². The molecule has 0 spiro atoms. The fourth-order valence-corrected chi connectivity index (χ4v) is 7.01. The molecule has 41 heavy (non-hydrogen) atoms. The minimum absolute atomic E-state index is 0.00523. The van der Waals surface area contributed by atoms with Gasteiger partial charge in [-0.3, -0.25) is 14.3 Å². The molecule has 4 heterocycles. The van der Waals surface area contributed by atoms with Gasteiger partial charge in [0, 0.05) is 81.0 Å². The van der Waals surface area contributed by atoms with Crippen molar-refractivity contribution in [1.29, 1.82) is 0 Å². The highest BCUT2D eigenvalue weighted by Gasteiger charge is 2.32. The maximum Gasteiger partial charge on any atom is 0.264 e. The van der Waals surface area contributed by atoms with Crippen molar-refractivity contribution in [1.82, 2.24) is 19.6 Å². The standard InChI is InChI=1S/C31H34BrF2N5O2/c1-19(40)38-17-23-10-22(20-5-8-37(9-6-20)30(41)14-32)12-29(27(23)18-38)39-7-3-4-21-11-25(24-15-35-36(2)16-24)26(31(33)34)13-28(21)39/h10-13,15-16,20,31H,3-9,14,17-18H2,1-2H3. The predicted octanol–water partition coefficient (Wildman–Crippen LogP) is 6.07. The largest absolute Gasteiger partial charge is 0.342 e. The molecule has 0 radical (unpaired) electrons. The number of rotatable bonds is 5. The van der Waals surface area contributed by atoms with Crippen LogP contribution in [0.2, 0.25) is 0 Å². The zero-order chi connectivity index (χ0) is 28.8. The van der Waals surface area contributed by atoms with E-state index >= 15 is 0 Å². The minimum atomic E-state index is -2.63. The van der Waals surface area contributed by atoms with Crippen molar-refractivity contribution < 1.29 is 18.4 Å². The second-order valence-corrected chi connectivity index (χ2v) is 11.9. The van der Waals surface area contributed by atoms with Crippen molar-refractivity contribution in [3.05, 3.63) is 64.5 Å². The van der Waals surface area contributed by atoms with Crippen molar-refractivity contribution in [3.63, 3.8) is 0 Å². The number of benzene rings is 2. The van der Waals surface area contributed by atoms with Gasteiger partial charge in [-0.1, -0.05) is 22.0 Å². The van der Waals surface area contributed by atoms with Crippen LogP contribution < -0.4 is 4.90 Å². The van der Waals surface area contributed by atoms with Crippen LogP contribution in [0.1, 0.15) is 66.3 Å². The Morgan fingerprint density at radius 1 is 1.02 bits per heavy atom. The summed E-state index contributed by atoms with van der Waals surface area (Å²) in [7, 11) is 1.78. The molecule has 1 fully saturated rings.